The Labute approximate surface area is 81.9 Å². The number of thiophene rings is 1. The third kappa shape index (κ3) is 2.01. The number of Topliss-reactive ketones (excluding diaryl/α,β-unsaturated/α-hetero) is 1. The molecule has 0 fully saturated rings. The minimum Gasteiger partial charge on any atom is -0.397 e. The number of nitrogens with two attached hydrogens (primary N) is 1. The molecular weight excluding hydrogens is 184 g/mol. The van der Waals surface area contributed by atoms with Gasteiger partial charge in [0.15, 0.2) is 5.78 Å². The molecule has 1 aromatic rings. The van der Waals surface area contributed by atoms with Crippen LogP contribution < -0.4 is 11.1 Å². The first-order chi connectivity index (χ1) is 6.06. The van der Waals surface area contributed by atoms with E-state index in [0.717, 1.165) is 5.00 Å². The van der Waals surface area contributed by atoms with Crippen LogP contribution in [0.15, 0.2) is 6.07 Å². The highest BCUT2D eigenvalue weighted by Crippen LogP contribution is 2.30. The summed E-state index contributed by atoms with van der Waals surface area (Å²) in [5, 5.41) is 3.90. The highest BCUT2D eigenvalue weighted by atomic mass is 32.1. The van der Waals surface area contributed by atoms with Crippen molar-refractivity contribution in [3.8, 4) is 0 Å². The Morgan fingerprint density at radius 2 is 2.23 bits per heavy atom. The van der Waals surface area contributed by atoms with Crippen molar-refractivity contribution in [1.29, 1.82) is 0 Å². The van der Waals surface area contributed by atoms with Gasteiger partial charge in [0, 0.05) is 13.0 Å². The van der Waals surface area contributed by atoms with E-state index in [0.29, 0.717) is 10.6 Å². The van der Waals surface area contributed by atoms with E-state index >= 15 is 0 Å². The van der Waals surface area contributed by atoms with Crippen LogP contribution in [0.1, 0.15) is 23.5 Å². The molecule has 13 heavy (non-hydrogen) atoms. The molecule has 0 aliphatic heterocycles. The summed E-state index contributed by atoms with van der Waals surface area (Å²) in [5.74, 6) is 0.120. The number of nitrogens with one attached hydrogen (secondary N) is 1. The number of anilines is 2. The molecule has 0 bridgehead atoms. The van der Waals surface area contributed by atoms with Gasteiger partial charge in [-0.1, -0.05) is 13.8 Å². The normalized spacial score (nSPS) is 10.5. The molecule has 1 rings (SSSR count). The van der Waals surface area contributed by atoms with E-state index in [-0.39, 0.29) is 11.7 Å². The van der Waals surface area contributed by atoms with Crippen LogP contribution in [-0.2, 0) is 0 Å². The molecule has 0 unspecified atom stereocenters. The van der Waals surface area contributed by atoms with Crippen molar-refractivity contribution < 1.29 is 4.79 Å². The molecule has 0 aliphatic carbocycles. The Balaban J connectivity index is 3.00. The summed E-state index contributed by atoms with van der Waals surface area (Å²) in [4.78, 5) is 12.3. The Kier molecular flexibility index (Phi) is 2.93. The van der Waals surface area contributed by atoms with Gasteiger partial charge in [-0.05, 0) is 6.07 Å². The average Bonchev–Trinajstić information content (AvgIpc) is 2.45. The molecule has 0 radical (unpaired) electrons. The van der Waals surface area contributed by atoms with Gasteiger partial charge in [0.2, 0.25) is 0 Å². The number of ketones is 1. The fourth-order valence-corrected chi connectivity index (χ4v) is 2.00. The zero-order valence-corrected chi connectivity index (χ0v) is 8.87. The van der Waals surface area contributed by atoms with Gasteiger partial charge in [0.1, 0.15) is 0 Å². The van der Waals surface area contributed by atoms with Crippen LogP contribution in [-0.4, -0.2) is 12.8 Å². The van der Waals surface area contributed by atoms with Crippen LogP contribution in [0.2, 0.25) is 0 Å². The second-order valence-electron chi connectivity index (χ2n) is 3.16. The van der Waals surface area contributed by atoms with Gasteiger partial charge >= 0.3 is 0 Å². The van der Waals surface area contributed by atoms with E-state index in [1.54, 1.807) is 6.07 Å². The molecule has 4 heteroatoms. The summed E-state index contributed by atoms with van der Waals surface area (Å²) < 4.78 is 0. The van der Waals surface area contributed by atoms with Crippen LogP contribution in [0.25, 0.3) is 0 Å². The first-order valence-corrected chi connectivity index (χ1v) is 4.99. The Hall–Kier alpha value is -1.03. The Morgan fingerprint density at radius 1 is 1.62 bits per heavy atom. The standard InChI is InChI=1S/C9H14N2OS/c1-5(2)8(12)9-6(10)4-7(11-3)13-9/h4-5,11H,10H2,1-3H3. The van der Waals surface area contributed by atoms with Crippen molar-refractivity contribution in [2.45, 2.75) is 13.8 Å². The second kappa shape index (κ2) is 3.79. The number of hydrogen-bond donors (Lipinski definition) is 2. The topological polar surface area (TPSA) is 55.1 Å². The van der Waals surface area contributed by atoms with Gasteiger partial charge in [-0.15, -0.1) is 11.3 Å². The van der Waals surface area contributed by atoms with Gasteiger partial charge in [0.05, 0.1) is 15.6 Å². The van der Waals surface area contributed by atoms with E-state index in [9.17, 15) is 4.79 Å². The van der Waals surface area contributed by atoms with Gasteiger partial charge in [0.25, 0.3) is 0 Å². The van der Waals surface area contributed by atoms with Gasteiger partial charge < -0.3 is 11.1 Å². The zero-order chi connectivity index (χ0) is 10.0. The number of hydrogen-bond acceptors (Lipinski definition) is 4. The zero-order valence-electron chi connectivity index (χ0n) is 8.05. The molecule has 0 spiro atoms. The first kappa shape index (κ1) is 10.1. The van der Waals surface area contributed by atoms with Crippen molar-refractivity contribution in [3.05, 3.63) is 10.9 Å². The molecule has 0 saturated carbocycles. The fraction of sp³-hybridized carbons (Fsp3) is 0.444. The predicted octanol–water partition coefficient (Wildman–Crippen LogP) is 2.21. The smallest absolute Gasteiger partial charge is 0.177 e. The minimum atomic E-state index is 0.00524. The monoisotopic (exact) mass is 198 g/mol. The highest BCUT2D eigenvalue weighted by Gasteiger charge is 2.16. The Morgan fingerprint density at radius 3 is 2.62 bits per heavy atom. The van der Waals surface area contributed by atoms with Crippen molar-refractivity contribution >= 4 is 27.8 Å². The molecule has 1 aromatic heterocycles. The van der Waals surface area contributed by atoms with Crippen molar-refractivity contribution in [3.63, 3.8) is 0 Å². The molecule has 0 atom stereocenters. The van der Waals surface area contributed by atoms with Crippen LogP contribution in [0.4, 0.5) is 10.7 Å². The molecule has 72 valence electrons. The van der Waals surface area contributed by atoms with Crippen LogP contribution in [0.3, 0.4) is 0 Å². The van der Waals surface area contributed by atoms with Crippen LogP contribution in [0.5, 0.6) is 0 Å². The number of carbonyl (C=O) groups is 1. The minimum absolute atomic E-state index is 0.00524. The fourth-order valence-electron chi connectivity index (χ4n) is 0.983. The maximum atomic E-state index is 11.6. The summed E-state index contributed by atoms with van der Waals surface area (Å²) in [6.45, 7) is 3.75. The second-order valence-corrected chi connectivity index (χ2v) is 4.22. The lowest BCUT2D eigenvalue weighted by Gasteiger charge is -2.01. The number of nitrogen functional groups attached to an aromatic ring is 1. The molecule has 0 aliphatic rings. The molecule has 0 aromatic carbocycles. The predicted molar refractivity (Wildman–Crippen MR) is 57.4 cm³/mol. The lowest BCUT2D eigenvalue weighted by atomic mass is 10.1. The lowest BCUT2D eigenvalue weighted by Crippen LogP contribution is -2.07. The molecular formula is C9H14N2OS. The Bertz CT molecular complexity index is 317. The first-order valence-electron chi connectivity index (χ1n) is 4.17. The van der Waals surface area contributed by atoms with Gasteiger partial charge in [-0.2, -0.15) is 0 Å². The number of rotatable bonds is 3. The maximum absolute atomic E-state index is 11.6. The van der Waals surface area contributed by atoms with E-state index < -0.39 is 0 Å². The third-order valence-electron chi connectivity index (χ3n) is 1.76. The van der Waals surface area contributed by atoms with Crippen molar-refractivity contribution in [2.24, 2.45) is 5.92 Å². The SMILES string of the molecule is CNc1cc(N)c(C(=O)C(C)C)s1. The third-order valence-corrected chi connectivity index (χ3v) is 2.94. The molecule has 3 nitrogen and oxygen atoms in total. The van der Waals surface area contributed by atoms with Crippen molar-refractivity contribution in [1.82, 2.24) is 0 Å². The van der Waals surface area contributed by atoms with E-state index in [4.69, 9.17) is 5.73 Å². The quantitative estimate of drug-likeness (QED) is 0.732. The molecule has 3 N–H and O–H groups in total. The number of carbonyl (C=O) groups excluding carboxylic acids is 1. The average molecular weight is 198 g/mol. The summed E-state index contributed by atoms with van der Waals surface area (Å²) >= 11 is 1.41. The van der Waals surface area contributed by atoms with E-state index in [1.165, 1.54) is 11.3 Å². The molecule has 0 amide bonds. The molecule has 1 heterocycles. The van der Waals surface area contributed by atoms with Gasteiger partial charge in [-0.3, -0.25) is 4.79 Å². The van der Waals surface area contributed by atoms with Crippen LogP contribution in [0, 0.1) is 5.92 Å². The summed E-state index contributed by atoms with van der Waals surface area (Å²) in [6.07, 6.45) is 0. The van der Waals surface area contributed by atoms with E-state index in [1.807, 2.05) is 20.9 Å². The van der Waals surface area contributed by atoms with Gasteiger partial charge in [-0.25, -0.2) is 0 Å². The largest absolute Gasteiger partial charge is 0.397 e. The summed E-state index contributed by atoms with van der Waals surface area (Å²) in [7, 11) is 1.81. The van der Waals surface area contributed by atoms with Crippen molar-refractivity contribution in [2.75, 3.05) is 18.1 Å². The summed E-state index contributed by atoms with van der Waals surface area (Å²) in [6, 6.07) is 1.79. The lowest BCUT2D eigenvalue weighted by molar-refractivity contribution is 0.0944. The summed E-state index contributed by atoms with van der Waals surface area (Å²) in [5.41, 5.74) is 6.28. The maximum Gasteiger partial charge on any atom is 0.177 e. The molecule has 0 saturated heterocycles. The van der Waals surface area contributed by atoms with E-state index in [2.05, 4.69) is 5.32 Å². The van der Waals surface area contributed by atoms with Crippen LogP contribution >= 0.6 is 11.3 Å². The highest BCUT2D eigenvalue weighted by molar-refractivity contribution is 7.18.